The molecule has 0 saturated carbocycles. The van der Waals surface area contributed by atoms with Gasteiger partial charge in [0.05, 0.1) is 13.2 Å². The molecule has 94 valence electrons. The van der Waals surface area contributed by atoms with E-state index in [2.05, 4.69) is 4.74 Å². The van der Waals surface area contributed by atoms with Gasteiger partial charge >= 0.3 is 5.97 Å². The maximum absolute atomic E-state index is 11.5. The van der Waals surface area contributed by atoms with Gasteiger partial charge in [-0.15, -0.1) is 0 Å². The van der Waals surface area contributed by atoms with Crippen LogP contribution in [-0.4, -0.2) is 37.9 Å². The highest BCUT2D eigenvalue weighted by atomic mass is 32.2. The highest BCUT2D eigenvalue weighted by Gasteiger charge is 2.32. The molecule has 0 bridgehead atoms. The van der Waals surface area contributed by atoms with Crippen molar-refractivity contribution in [2.75, 3.05) is 7.11 Å². The molecule has 0 aromatic carbocycles. The second-order valence-electron chi connectivity index (χ2n) is 4.49. The van der Waals surface area contributed by atoms with E-state index >= 15 is 0 Å². The minimum absolute atomic E-state index is 0.110. The average molecular weight is 264 g/mol. The molecule has 0 aliphatic rings. The van der Waals surface area contributed by atoms with Crippen molar-refractivity contribution in [1.29, 1.82) is 0 Å². The van der Waals surface area contributed by atoms with E-state index in [1.165, 1.54) is 14.0 Å². The first-order chi connectivity index (χ1) is 7.17. The van der Waals surface area contributed by atoms with Crippen molar-refractivity contribution in [2.45, 2.75) is 44.8 Å². The Labute approximate surface area is 102 Å². The van der Waals surface area contributed by atoms with E-state index in [9.17, 15) is 9.59 Å². The quantitative estimate of drug-likeness (QED) is 0.562. The lowest BCUT2D eigenvalue weighted by atomic mass is 10.3. The Kier molecular flexibility index (Phi) is 6.28. The normalized spacial score (nSPS) is 15.4. The van der Waals surface area contributed by atoms with Gasteiger partial charge in [-0.3, -0.25) is 9.59 Å². The number of carbonyl (C=O) groups excluding carboxylic acids is 2. The summed E-state index contributed by atoms with van der Waals surface area (Å²) in [4.78, 5) is 22.6. The molecule has 2 atom stereocenters. The number of hydrogen-bond acceptors (Lipinski definition) is 5. The average Bonchev–Trinajstić information content (AvgIpc) is 2.09. The smallest absolute Gasteiger partial charge is 0.321 e. The standard InChI is InChI=1S/C10H20O4SSi/c1-7(14-16(4,5)6)9(10(12)13-3)15-8(2)11/h7,9H,1-6H3/t7-,9-/m0/s1. The van der Waals surface area contributed by atoms with Gasteiger partial charge in [0.25, 0.3) is 0 Å². The number of esters is 1. The molecule has 6 heteroatoms. The molecule has 0 saturated heterocycles. The van der Waals surface area contributed by atoms with Crippen LogP contribution in [0.25, 0.3) is 0 Å². The zero-order valence-corrected chi connectivity index (χ0v) is 12.5. The fraction of sp³-hybridized carbons (Fsp3) is 0.800. The van der Waals surface area contributed by atoms with Gasteiger partial charge in [-0.1, -0.05) is 11.8 Å². The summed E-state index contributed by atoms with van der Waals surface area (Å²) in [6, 6.07) is 0. The van der Waals surface area contributed by atoms with Gasteiger partial charge < -0.3 is 9.16 Å². The minimum atomic E-state index is -1.73. The molecule has 0 unspecified atom stereocenters. The predicted octanol–water partition coefficient (Wildman–Crippen LogP) is 2.05. The van der Waals surface area contributed by atoms with Crippen LogP contribution in [0.2, 0.25) is 19.6 Å². The summed E-state index contributed by atoms with van der Waals surface area (Å²) in [7, 11) is -0.408. The molecule has 0 rings (SSSR count). The van der Waals surface area contributed by atoms with Crippen molar-refractivity contribution in [3.05, 3.63) is 0 Å². The van der Waals surface area contributed by atoms with Crippen LogP contribution in [-0.2, 0) is 18.8 Å². The van der Waals surface area contributed by atoms with Gasteiger partial charge in [0, 0.05) is 6.92 Å². The number of carbonyl (C=O) groups is 2. The van der Waals surface area contributed by atoms with Crippen LogP contribution in [0, 0.1) is 0 Å². The zero-order valence-electron chi connectivity index (χ0n) is 10.7. The summed E-state index contributed by atoms with van der Waals surface area (Å²) in [6.45, 7) is 9.35. The first-order valence-corrected chi connectivity index (χ1v) is 9.39. The Hall–Kier alpha value is -0.333. The topological polar surface area (TPSA) is 52.6 Å². The summed E-state index contributed by atoms with van der Waals surface area (Å²) >= 11 is 0.965. The fourth-order valence-corrected chi connectivity index (χ4v) is 3.40. The highest BCUT2D eigenvalue weighted by Crippen LogP contribution is 2.22. The summed E-state index contributed by atoms with van der Waals surface area (Å²) in [5, 5.41) is -0.685. The van der Waals surface area contributed by atoms with Crippen molar-refractivity contribution in [1.82, 2.24) is 0 Å². The highest BCUT2D eigenvalue weighted by molar-refractivity contribution is 8.14. The molecule has 0 aliphatic heterocycles. The van der Waals surface area contributed by atoms with Crippen LogP contribution < -0.4 is 0 Å². The van der Waals surface area contributed by atoms with E-state index in [1.807, 2.05) is 19.6 Å². The third-order valence-electron chi connectivity index (χ3n) is 1.69. The number of hydrogen-bond donors (Lipinski definition) is 0. The molecule has 16 heavy (non-hydrogen) atoms. The van der Waals surface area contributed by atoms with Crippen molar-refractivity contribution < 1.29 is 18.8 Å². The fourth-order valence-electron chi connectivity index (χ4n) is 1.25. The predicted molar refractivity (Wildman–Crippen MR) is 68.0 cm³/mol. The second kappa shape index (κ2) is 6.41. The van der Waals surface area contributed by atoms with E-state index in [4.69, 9.17) is 4.43 Å². The van der Waals surface area contributed by atoms with Gasteiger partial charge in [0.15, 0.2) is 13.4 Å². The molecule has 0 N–H and O–H groups in total. The molecule has 0 aromatic rings. The Morgan fingerprint density at radius 1 is 1.25 bits per heavy atom. The van der Waals surface area contributed by atoms with Crippen LogP contribution in [0.5, 0.6) is 0 Å². The molecular weight excluding hydrogens is 244 g/mol. The summed E-state index contributed by atoms with van der Waals surface area (Å²) in [5.41, 5.74) is 0. The Bertz CT molecular complexity index is 262. The van der Waals surface area contributed by atoms with E-state index in [-0.39, 0.29) is 11.2 Å². The largest absolute Gasteiger partial charge is 0.468 e. The van der Waals surface area contributed by atoms with E-state index < -0.39 is 19.5 Å². The summed E-state index contributed by atoms with van der Waals surface area (Å²) in [5.74, 6) is -0.411. The van der Waals surface area contributed by atoms with Crippen LogP contribution in [0.3, 0.4) is 0 Å². The SMILES string of the molecule is COC(=O)[C@@H](SC(C)=O)[C@H](C)O[Si](C)(C)C. The van der Waals surface area contributed by atoms with E-state index in [0.717, 1.165) is 11.8 Å². The van der Waals surface area contributed by atoms with Gasteiger partial charge in [-0.25, -0.2) is 0 Å². The van der Waals surface area contributed by atoms with Crippen molar-refractivity contribution in [2.24, 2.45) is 0 Å². The number of methoxy groups -OCH3 is 1. The monoisotopic (exact) mass is 264 g/mol. The van der Waals surface area contributed by atoms with Gasteiger partial charge in [0.1, 0.15) is 5.25 Å². The first kappa shape index (κ1) is 15.7. The Morgan fingerprint density at radius 3 is 2.06 bits per heavy atom. The molecule has 0 fully saturated rings. The van der Waals surface area contributed by atoms with Crippen molar-refractivity contribution >= 4 is 31.2 Å². The van der Waals surface area contributed by atoms with Gasteiger partial charge in [-0.05, 0) is 26.6 Å². The van der Waals surface area contributed by atoms with Crippen LogP contribution >= 0.6 is 11.8 Å². The van der Waals surface area contributed by atoms with Gasteiger partial charge in [0.2, 0.25) is 0 Å². The lowest BCUT2D eigenvalue weighted by Gasteiger charge is -2.27. The maximum Gasteiger partial charge on any atom is 0.321 e. The number of rotatable bonds is 5. The van der Waals surface area contributed by atoms with E-state index in [1.54, 1.807) is 6.92 Å². The minimum Gasteiger partial charge on any atom is -0.468 e. The van der Waals surface area contributed by atoms with Crippen molar-refractivity contribution in [3.63, 3.8) is 0 Å². The molecule has 0 spiro atoms. The first-order valence-electron chi connectivity index (χ1n) is 5.10. The van der Waals surface area contributed by atoms with Crippen molar-refractivity contribution in [3.8, 4) is 0 Å². The lowest BCUT2D eigenvalue weighted by Crippen LogP contribution is -2.40. The van der Waals surface area contributed by atoms with Crippen LogP contribution in [0.15, 0.2) is 0 Å². The third-order valence-corrected chi connectivity index (χ3v) is 3.93. The summed E-state index contributed by atoms with van der Waals surface area (Å²) < 4.78 is 10.5. The lowest BCUT2D eigenvalue weighted by molar-refractivity contribution is -0.141. The molecule has 0 heterocycles. The molecule has 0 aliphatic carbocycles. The molecule has 0 amide bonds. The molecular formula is C10H20O4SSi. The summed E-state index contributed by atoms with van der Waals surface area (Å²) in [6.07, 6.45) is -0.312. The maximum atomic E-state index is 11.5. The molecule has 4 nitrogen and oxygen atoms in total. The van der Waals surface area contributed by atoms with Gasteiger partial charge in [-0.2, -0.15) is 0 Å². The van der Waals surface area contributed by atoms with Crippen LogP contribution in [0.1, 0.15) is 13.8 Å². The Balaban J connectivity index is 4.62. The number of thioether (sulfide) groups is 1. The van der Waals surface area contributed by atoms with E-state index in [0.29, 0.717) is 0 Å². The number of ether oxygens (including phenoxy) is 1. The molecule has 0 aromatic heterocycles. The third kappa shape index (κ3) is 6.29. The zero-order chi connectivity index (χ0) is 12.9. The second-order valence-corrected chi connectivity index (χ2v) is 10.3. The molecule has 0 radical (unpaired) electrons. The van der Waals surface area contributed by atoms with Crippen LogP contribution in [0.4, 0.5) is 0 Å². The Morgan fingerprint density at radius 2 is 1.75 bits per heavy atom.